The molecule has 0 aliphatic rings. The maximum Gasteiger partial charge on any atom is 0.305 e. The molecule has 0 atom stereocenters. The molecule has 0 fully saturated rings. The van der Waals surface area contributed by atoms with E-state index < -0.39 is 0 Å². The first-order valence-corrected chi connectivity index (χ1v) is 10.2. The minimum atomic E-state index is -0.294. The third-order valence-corrected chi connectivity index (χ3v) is 4.58. The van der Waals surface area contributed by atoms with Crippen LogP contribution in [0.5, 0.6) is 0 Å². The Bertz CT molecular complexity index is 317. The smallest absolute Gasteiger partial charge is 0.305 e. The van der Waals surface area contributed by atoms with Crippen molar-refractivity contribution in [1.82, 2.24) is 0 Å². The van der Waals surface area contributed by atoms with Gasteiger partial charge in [0.1, 0.15) is 0 Å². The van der Waals surface area contributed by atoms with Crippen LogP contribution in [-0.2, 0) is 23.7 Å². The molecule has 6 heteroatoms. The standard InChI is InChI=1S/C20H40O6/c1-4-7-8-9-13-25-19(22)10-11-20(5-2,6-3)26-18-17-24-16-15-23-14-12-21/h21H,4-18H2,1-3H3. The molecule has 156 valence electrons. The molecule has 0 amide bonds. The molecule has 0 aliphatic carbocycles. The number of hydrogen-bond acceptors (Lipinski definition) is 6. The Balaban J connectivity index is 3.91. The Kier molecular flexibility index (Phi) is 17.2. The van der Waals surface area contributed by atoms with Gasteiger partial charge in [-0.15, -0.1) is 0 Å². The van der Waals surface area contributed by atoms with Gasteiger partial charge in [0.05, 0.1) is 51.8 Å². The van der Waals surface area contributed by atoms with Crippen molar-refractivity contribution < 1.29 is 28.8 Å². The van der Waals surface area contributed by atoms with E-state index in [-0.39, 0.29) is 18.2 Å². The topological polar surface area (TPSA) is 74.2 Å². The van der Waals surface area contributed by atoms with Gasteiger partial charge in [-0.25, -0.2) is 0 Å². The van der Waals surface area contributed by atoms with Crippen molar-refractivity contribution in [2.45, 2.75) is 77.7 Å². The van der Waals surface area contributed by atoms with Gasteiger partial charge in [-0.2, -0.15) is 0 Å². The summed E-state index contributed by atoms with van der Waals surface area (Å²) in [5.74, 6) is -0.131. The summed E-state index contributed by atoms with van der Waals surface area (Å²) in [6.07, 6.45) is 7.21. The number of esters is 1. The van der Waals surface area contributed by atoms with Crippen LogP contribution < -0.4 is 0 Å². The number of unbranched alkanes of at least 4 members (excludes halogenated alkanes) is 3. The van der Waals surface area contributed by atoms with Crippen LogP contribution in [0.15, 0.2) is 0 Å². The lowest BCUT2D eigenvalue weighted by Gasteiger charge is -2.31. The molecule has 0 radical (unpaired) electrons. The third-order valence-electron chi connectivity index (χ3n) is 4.58. The van der Waals surface area contributed by atoms with Crippen molar-refractivity contribution >= 4 is 5.97 Å². The first-order chi connectivity index (χ1) is 12.6. The molecular formula is C20H40O6. The maximum absolute atomic E-state index is 11.9. The molecule has 0 aliphatic heterocycles. The SMILES string of the molecule is CCCCCCOC(=O)CCC(CC)(CC)OCCOCCOCCO. The Hall–Kier alpha value is -0.690. The minimum absolute atomic E-state index is 0.0276. The van der Waals surface area contributed by atoms with E-state index in [1.165, 1.54) is 12.8 Å². The fourth-order valence-electron chi connectivity index (χ4n) is 2.70. The van der Waals surface area contributed by atoms with Crippen LogP contribution in [0.25, 0.3) is 0 Å². The summed E-state index contributed by atoms with van der Waals surface area (Å²) in [5.41, 5.74) is -0.294. The molecule has 0 bridgehead atoms. The first kappa shape index (κ1) is 25.3. The van der Waals surface area contributed by atoms with E-state index >= 15 is 0 Å². The van der Waals surface area contributed by atoms with Crippen molar-refractivity contribution in [2.24, 2.45) is 0 Å². The van der Waals surface area contributed by atoms with Crippen LogP contribution in [0.2, 0.25) is 0 Å². The summed E-state index contributed by atoms with van der Waals surface area (Å²) in [6.45, 7) is 9.17. The van der Waals surface area contributed by atoms with Gasteiger partial charge in [-0.1, -0.05) is 40.0 Å². The zero-order chi connectivity index (χ0) is 19.5. The van der Waals surface area contributed by atoms with Crippen LogP contribution in [0, 0.1) is 0 Å². The van der Waals surface area contributed by atoms with E-state index in [2.05, 4.69) is 20.8 Å². The average molecular weight is 377 g/mol. The molecule has 1 N–H and O–H groups in total. The number of ether oxygens (including phenoxy) is 4. The minimum Gasteiger partial charge on any atom is -0.466 e. The fraction of sp³-hybridized carbons (Fsp3) is 0.950. The highest BCUT2D eigenvalue weighted by Gasteiger charge is 2.28. The lowest BCUT2D eigenvalue weighted by molar-refractivity contribution is -0.146. The molecule has 0 rings (SSSR count). The molecule has 0 aromatic heterocycles. The normalized spacial score (nSPS) is 11.7. The van der Waals surface area contributed by atoms with Crippen molar-refractivity contribution in [3.05, 3.63) is 0 Å². The number of hydrogen-bond donors (Lipinski definition) is 1. The van der Waals surface area contributed by atoms with Crippen molar-refractivity contribution in [1.29, 1.82) is 0 Å². The predicted octanol–water partition coefficient (Wildman–Crippen LogP) is 3.49. The predicted molar refractivity (Wildman–Crippen MR) is 102 cm³/mol. The Morgan fingerprint density at radius 3 is 2.12 bits per heavy atom. The van der Waals surface area contributed by atoms with Crippen molar-refractivity contribution in [3.8, 4) is 0 Å². The van der Waals surface area contributed by atoms with Crippen molar-refractivity contribution in [2.75, 3.05) is 46.2 Å². The first-order valence-electron chi connectivity index (χ1n) is 10.2. The monoisotopic (exact) mass is 376 g/mol. The van der Waals surface area contributed by atoms with Gasteiger partial charge in [-0.05, 0) is 25.7 Å². The molecule has 6 nitrogen and oxygen atoms in total. The highest BCUT2D eigenvalue weighted by molar-refractivity contribution is 5.69. The lowest BCUT2D eigenvalue weighted by atomic mass is 9.91. The highest BCUT2D eigenvalue weighted by atomic mass is 16.6. The van der Waals surface area contributed by atoms with Gasteiger partial charge < -0.3 is 24.1 Å². The zero-order valence-electron chi connectivity index (χ0n) is 17.1. The largest absolute Gasteiger partial charge is 0.466 e. The fourth-order valence-corrected chi connectivity index (χ4v) is 2.70. The van der Waals surface area contributed by atoms with Crippen LogP contribution in [0.1, 0.15) is 72.1 Å². The van der Waals surface area contributed by atoms with E-state index in [0.29, 0.717) is 52.5 Å². The summed E-state index contributed by atoms with van der Waals surface area (Å²) in [6, 6.07) is 0. The molecule has 0 aromatic rings. The summed E-state index contributed by atoms with van der Waals surface area (Å²) < 4.78 is 21.9. The second-order valence-corrected chi connectivity index (χ2v) is 6.47. The second kappa shape index (κ2) is 17.7. The number of carbonyl (C=O) groups excluding carboxylic acids is 1. The third kappa shape index (κ3) is 13.5. The van der Waals surface area contributed by atoms with E-state index in [1.54, 1.807) is 0 Å². The molecule has 0 spiro atoms. The molecule has 0 saturated carbocycles. The van der Waals surface area contributed by atoms with E-state index in [0.717, 1.165) is 25.7 Å². The Morgan fingerprint density at radius 2 is 1.50 bits per heavy atom. The summed E-state index contributed by atoms with van der Waals surface area (Å²) in [5, 5.41) is 8.60. The van der Waals surface area contributed by atoms with Crippen LogP contribution >= 0.6 is 0 Å². The summed E-state index contributed by atoms with van der Waals surface area (Å²) >= 11 is 0. The molecule has 0 aromatic carbocycles. The summed E-state index contributed by atoms with van der Waals surface area (Å²) in [7, 11) is 0. The van der Waals surface area contributed by atoms with Gasteiger partial charge in [0.2, 0.25) is 0 Å². The molecule has 0 heterocycles. The lowest BCUT2D eigenvalue weighted by Crippen LogP contribution is -2.33. The quantitative estimate of drug-likeness (QED) is 0.275. The van der Waals surface area contributed by atoms with E-state index in [9.17, 15) is 4.79 Å². The highest BCUT2D eigenvalue weighted by Crippen LogP contribution is 2.26. The van der Waals surface area contributed by atoms with Crippen LogP contribution in [0.4, 0.5) is 0 Å². The molecular weight excluding hydrogens is 336 g/mol. The zero-order valence-corrected chi connectivity index (χ0v) is 17.1. The number of carbonyl (C=O) groups is 1. The van der Waals surface area contributed by atoms with Crippen LogP contribution in [-0.4, -0.2) is 62.9 Å². The maximum atomic E-state index is 11.9. The van der Waals surface area contributed by atoms with Gasteiger partial charge >= 0.3 is 5.97 Å². The van der Waals surface area contributed by atoms with Crippen molar-refractivity contribution in [3.63, 3.8) is 0 Å². The molecule has 0 unspecified atom stereocenters. The van der Waals surface area contributed by atoms with E-state index in [1.807, 2.05) is 0 Å². The number of rotatable bonds is 19. The average Bonchev–Trinajstić information content (AvgIpc) is 2.66. The number of aliphatic hydroxyl groups excluding tert-OH is 1. The number of aliphatic hydroxyl groups is 1. The Morgan fingerprint density at radius 1 is 0.846 bits per heavy atom. The van der Waals surface area contributed by atoms with Gasteiger partial charge in [0, 0.05) is 6.42 Å². The van der Waals surface area contributed by atoms with Gasteiger partial charge in [0.15, 0.2) is 0 Å². The second-order valence-electron chi connectivity index (χ2n) is 6.47. The van der Waals surface area contributed by atoms with E-state index in [4.69, 9.17) is 24.1 Å². The molecule has 26 heavy (non-hydrogen) atoms. The Labute approximate surface area is 159 Å². The van der Waals surface area contributed by atoms with Gasteiger partial charge in [0.25, 0.3) is 0 Å². The van der Waals surface area contributed by atoms with Crippen LogP contribution in [0.3, 0.4) is 0 Å². The van der Waals surface area contributed by atoms with Gasteiger partial charge in [-0.3, -0.25) is 4.79 Å². The molecule has 0 saturated heterocycles. The summed E-state index contributed by atoms with van der Waals surface area (Å²) in [4.78, 5) is 11.9.